The van der Waals surface area contributed by atoms with Crippen molar-refractivity contribution in [1.29, 1.82) is 0 Å². The van der Waals surface area contributed by atoms with Crippen molar-refractivity contribution in [2.45, 2.75) is 18.4 Å². The number of fused-ring (bicyclic) bond motifs is 2. The Hall–Kier alpha value is -2.72. The average Bonchev–Trinajstić information content (AvgIpc) is 2.91. The summed E-state index contributed by atoms with van der Waals surface area (Å²) in [6.45, 7) is 2.20. The number of aromatic hydroxyl groups is 1. The predicted octanol–water partition coefficient (Wildman–Crippen LogP) is 5.09. The maximum Gasteiger partial charge on any atom is 0.155 e. The van der Waals surface area contributed by atoms with E-state index in [0.29, 0.717) is 6.54 Å². The molecule has 1 aliphatic rings. The van der Waals surface area contributed by atoms with Gasteiger partial charge in [0.1, 0.15) is 5.75 Å². The quantitative estimate of drug-likeness (QED) is 0.670. The summed E-state index contributed by atoms with van der Waals surface area (Å²) < 4.78 is 0. The van der Waals surface area contributed by atoms with Crippen molar-refractivity contribution in [3.8, 4) is 5.75 Å². The summed E-state index contributed by atoms with van der Waals surface area (Å²) in [5, 5.41) is 13.2. The van der Waals surface area contributed by atoms with Crippen LogP contribution in [0.1, 0.15) is 12.5 Å². The molecule has 3 nitrogen and oxygen atoms in total. The zero-order valence-corrected chi connectivity index (χ0v) is 14.6. The van der Waals surface area contributed by atoms with Gasteiger partial charge in [-0.1, -0.05) is 48.2 Å². The van der Waals surface area contributed by atoms with Crippen LogP contribution in [0.3, 0.4) is 0 Å². The van der Waals surface area contributed by atoms with E-state index < -0.39 is 0 Å². The number of carbonyl (C=O) groups excluding carboxylic acids is 1. The molecule has 1 aliphatic heterocycles. The van der Waals surface area contributed by atoms with Gasteiger partial charge in [0, 0.05) is 23.6 Å². The lowest BCUT2D eigenvalue weighted by Gasteiger charge is -2.21. The molecule has 1 N–H and O–H groups in total. The van der Waals surface area contributed by atoms with Crippen LogP contribution in [-0.2, 0) is 11.3 Å². The minimum Gasteiger partial charge on any atom is -0.508 e. The minimum absolute atomic E-state index is 0.0167. The van der Waals surface area contributed by atoms with Crippen molar-refractivity contribution >= 4 is 34.0 Å². The fraction of sp³-hybridized carbons (Fsp3) is 0.0952. The zero-order valence-electron chi connectivity index (χ0n) is 13.8. The van der Waals surface area contributed by atoms with Crippen LogP contribution in [0.4, 0.5) is 5.69 Å². The van der Waals surface area contributed by atoms with E-state index >= 15 is 0 Å². The number of ketones is 1. The van der Waals surface area contributed by atoms with Gasteiger partial charge < -0.3 is 10.0 Å². The molecule has 0 saturated carbocycles. The summed E-state index contributed by atoms with van der Waals surface area (Å²) in [6.07, 6.45) is 1.66. The van der Waals surface area contributed by atoms with Crippen molar-refractivity contribution in [1.82, 2.24) is 0 Å². The fourth-order valence-electron chi connectivity index (χ4n) is 3.05. The van der Waals surface area contributed by atoms with Gasteiger partial charge in [0.05, 0.1) is 10.7 Å². The summed E-state index contributed by atoms with van der Waals surface area (Å²) in [4.78, 5) is 14.8. The van der Waals surface area contributed by atoms with Crippen LogP contribution < -0.4 is 4.90 Å². The molecular weight excluding hydrogens is 330 g/mol. The molecule has 0 spiro atoms. The maximum atomic E-state index is 11.6. The molecule has 0 aromatic heterocycles. The van der Waals surface area contributed by atoms with Crippen molar-refractivity contribution in [2.75, 3.05) is 4.90 Å². The Balaban J connectivity index is 1.75. The molecule has 3 aromatic rings. The molecule has 0 aliphatic carbocycles. The van der Waals surface area contributed by atoms with Crippen LogP contribution >= 0.6 is 11.8 Å². The SMILES string of the molecule is CC(=O)/C=C1\Sc2ccc(O)cc2N1Cc1ccc2ccccc2c1. The summed E-state index contributed by atoms with van der Waals surface area (Å²) in [5.74, 6) is 0.245. The molecule has 4 rings (SSSR count). The Morgan fingerprint density at radius 1 is 1.08 bits per heavy atom. The number of allylic oxidation sites excluding steroid dienone is 1. The number of rotatable bonds is 3. The van der Waals surface area contributed by atoms with E-state index in [-0.39, 0.29) is 11.5 Å². The molecule has 25 heavy (non-hydrogen) atoms. The molecule has 3 aromatic carbocycles. The molecule has 0 radical (unpaired) electrons. The van der Waals surface area contributed by atoms with Gasteiger partial charge in [-0.3, -0.25) is 4.79 Å². The average molecular weight is 347 g/mol. The van der Waals surface area contributed by atoms with Gasteiger partial charge in [0.2, 0.25) is 0 Å². The van der Waals surface area contributed by atoms with Crippen molar-refractivity contribution in [2.24, 2.45) is 0 Å². The Kier molecular flexibility index (Phi) is 3.98. The number of benzene rings is 3. The first-order valence-electron chi connectivity index (χ1n) is 8.08. The fourth-order valence-corrected chi connectivity index (χ4v) is 4.19. The monoisotopic (exact) mass is 347 g/mol. The van der Waals surface area contributed by atoms with Gasteiger partial charge in [0.25, 0.3) is 0 Å². The summed E-state index contributed by atoms with van der Waals surface area (Å²) in [5.41, 5.74) is 2.09. The van der Waals surface area contributed by atoms with Crippen molar-refractivity contribution < 1.29 is 9.90 Å². The molecule has 0 unspecified atom stereocenters. The highest BCUT2D eigenvalue weighted by molar-refractivity contribution is 8.03. The third-order valence-electron chi connectivity index (χ3n) is 4.20. The predicted molar refractivity (Wildman–Crippen MR) is 103 cm³/mol. The first-order valence-corrected chi connectivity index (χ1v) is 8.90. The topological polar surface area (TPSA) is 40.5 Å². The molecular formula is C21H17NO2S. The van der Waals surface area contributed by atoms with E-state index in [0.717, 1.165) is 21.2 Å². The highest BCUT2D eigenvalue weighted by Crippen LogP contribution is 2.47. The maximum absolute atomic E-state index is 11.6. The lowest BCUT2D eigenvalue weighted by Crippen LogP contribution is -2.17. The van der Waals surface area contributed by atoms with Crippen LogP contribution in [0.2, 0.25) is 0 Å². The third kappa shape index (κ3) is 3.13. The molecule has 0 saturated heterocycles. The summed E-state index contributed by atoms with van der Waals surface area (Å²) >= 11 is 1.56. The highest BCUT2D eigenvalue weighted by atomic mass is 32.2. The van der Waals surface area contributed by atoms with E-state index in [1.165, 1.54) is 10.8 Å². The van der Waals surface area contributed by atoms with E-state index in [4.69, 9.17) is 0 Å². The van der Waals surface area contributed by atoms with Gasteiger partial charge >= 0.3 is 0 Å². The lowest BCUT2D eigenvalue weighted by atomic mass is 10.1. The number of nitrogens with zero attached hydrogens (tertiary/aromatic N) is 1. The molecule has 4 heteroatoms. The van der Waals surface area contributed by atoms with Gasteiger partial charge in [0.15, 0.2) is 5.78 Å². The number of carbonyl (C=O) groups is 1. The van der Waals surface area contributed by atoms with E-state index in [1.807, 2.05) is 18.2 Å². The van der Waals surface area contributed by atoms with Gasteiger partial charge in [-0.15, -0.1) is 0 Å². The van der Waals surface area contributed by atoms with E-state index in [9.17, 15) is 9.90 Å². The van der Waals surface area contributed by atoms with Crippen LogP contribution in [0.5, 0.6) is 5.75 Å². The summed E-state index contributed by atoms with van der Waals surface area (Å²) in [6, 6.07) is 20.0. The normalized spacial score (nSPS) is 14.9. The molecule has 124 valence electrons. The first kappa shape index (κ1) is 15.8. The second-order valence-electron chi connectivity index (χ2n) is 6.11. The van der Waals surface area contributed by atoms with Crippen LogP contribution in [0.25, 0.3) is 10.8 Å². The molecule has 1 heterocycles. The Morgan fingerprint density at radius 2 is 1.88 bits per heavy atom. The largest absolute Gasteiger partial charge is 0.508 e. The highest BCUT2D eigenvalue weighted by Gasteiger charge is 2.26. The number of hydrogen-bond acceptors (Lipinski definition) is 4. The number of thioether (sulfide) groups is 1. The standard InChI is InChI=1S/C21H17NO2S/c1-14(23)10-21-22(19-12-18(24)8-9-20(19)25-21)13-15-6-7-16-4-2-3-5-17(16)11-15/h2-12,24H,13H2,1H3/b21-10-. The third-order valence-corrected chi connectivity index (χ3v) is 5.31. The Bertz CT molecular complexity index is 1010. The smallest absolute Gasteiger partial charge is 0.155 e. The Morgan fingerprint density at radius 3 is 2.68 bits per heavy atom. The number of hydrogen-bond donors (Lipinski definition) is 1. The number of phenols is 1. The molecule has 0 atom stereocenters. The second kappa shape index (κ2) is 6.30. The van der Waals surface area contributed by atoms with E-state index in [2.05, 4.69) is 35.2 Å². The van der Waals surface area contributed by atoms with Crippen LogP contribution in [0, 0.1) is 0 Å². The number of anilines is 1. The molecule has 0 fully saturated rings. The van der Waals surface area contributed by atoms with Gasteiger partial charge in [-0.05, 0) is 41.5 Å². The molecule has 0 bridgehead atoms. The minimum atomic E-state index is 0.0167. The van der Waals surface area contributed by atoms with Crippen molar-refractivity contribution in [3.05, 3.63) is 77.3 Å². The van der Waals surface area contributed by atoms with Gasteiger partial charge in [-0.2, -0.15) is 0 Å². The zero-order chi connectivity index (χ0) is 17.4. The second-order valence-corrected chi connectivity index (χ2v) is 7.18. The van der Waals surface area contributed by atoms with Crippen molar-refractivity contribution in [3.63, 3.8) is 0 Å². The summed E-state index contributed by atoms with van der Waals surface area (Å²) in [7, 11) is 0. The van der Waals surface area contributed by atoms with Gasteiger partial charge in [-0.25, -0.2) is 0 Å². The Labute approximate surface area is 150 Å². The number of phenolic OH excluding ortho intramolecular Hbond substituents is 1. The van der Waals surface area contributed by atoms with Crippen LogP contribution in [-0.4, -0.2) is 10.9 Å². The molecule has 0 amide bonds. The first-order chi connectivity index (χ1) is 12.1. The van der Waals surface area contributed by atoms with Crippen LogP contribution in [0.15, 0.2) is 76.7 Å². The van der Waals surface area contributed by atoms with E-state index in [1.54, 1.807) is 36.9 Å². The lowest BCUT2D eigenvalue weighted by molar-refractivity contribution is -0.112.